The zero-order valence-corrected chi connectivity index (χ0v) is 18.8. The van der Waals surface area contributed by atoms with E-state index in [1.165, 1.54) is 29.6 Å². The summed E-state index contributed by atoms with van der Waals surface area (Å²) in [4.78, 5) is 25.4. The van der Waals surface area contributed by atoms with Gasteiger partial charge < -0.3 is 20.1 Å². The average Bonchev–Trinajstić information content (AvgIpc) is 3.28. The highest BCUT2D eigenvalue weighted by molar-refractivity contribution is 5.77. The summed E-state index contributed by atoms with van der Waals surface area (Å²) >= 11 is 0. The van der Waals surface area contributed by atoms with Crippen molar-refractivity contribution < 1.29 is 27.8 Å². The maximum absolute atomic E-state index is 14.7. The third-order valence-corrected chi connectivity index (χ3v) is 5.52. The number of anilines is 2. The molecule has 11 nitrogen and oxygen atoms in total. The molecular formula is C22H21F3N8O3. The Labute approximate surface area is 203 Å². The highest BCUT2D eigenvalue weighted by Gasteiger charge is 2.30. The predicted molar refractivity (Wildman–Crippen MR) is 119 cm³/mol. The van der Waals surface area contributed by atoms with Crippen LogP contribution in [-0.4, -0.2) is 72.6 Å². The number of carbonyl (C=O) groups is 1. The number of halogens is 3. The van der Waals surface area contributed by atoms with Crippen LogP contribution in [0.1, 0.15) is 25.0 Å². The molecule has 1 aromatic carbocycles. The molecule has 2 atom stereocenters. The summed E-state index contributed by atoms with van der Waals surface area (Å²) in [5.41, 5.74) is 0.822. The third kappa shape index (κ3) is 5.69. The molecule has 1 saturated heterocycles. The molecule has 3 aromatic rings. The first kappa shape index (κ1) is 24.9. The normalized spacial score (nSPS) is 17.9. The second-order valence-electron chi connectivity index (χ2n) is 7.86. The smallest absolute Gasteiger partial charge is 0.333 e. The van der Waals surface area contributed by atoms with Crippen LogP contribution in [0, 0.1) is 11.3 Å². The van der Waals surface area contributed by atoms with Gasteiger partial charge in [0.25, 0.3) is 0 Å². The minimum atomic E-state index is -2.78. The Morgan fingerprint density at radius 1 is 1.31 bits per heavy atom. The Hall–Kier alpha value is -4.25. The molecule has 1 aliphatic rings. The molecule has 1 aliphatic heterocycles. The Bertz CT molecular complexity index is 1270. The average molecular weight is 502 g/mol. The molecule has 0 radical (unpaired) electrons. The summed E-state index contributed by atoms with van der Waals surface area (Å²) in [6, 6.07) is 6.60. The quantitative estimate of drug-likeness (QED) is 0.498. The minimum absolute atomic E-state index is 0.0488. The number of hydrogen-bond acceptors (Lipinski definition) is 9. The molecule has 4 rings (SSSR count). The van der Waals surface area contributed by atoms with Crippen molar-refractivity contribution in [3.05, 3.63) is 42.5 Å². The Kier molecular flexibility index (Phi) is 7.59. The first-order chi connectivity index (χ1) is 17.4. The third-order valence-electron chi connectivity index (χ3n) is 5.52. The first-order valence-corrected chi connectivity index (χ1v) is 10.9. The van der Waals surface area contributed by atoms with Crippen molar-refractivity contribution in [3.8, 4) is 23.2 Å². The topological polar surface area (TPSA) is 142 Å². The van der Waals surface area contributed by atoms with Crippen molar-refractivity contribution >= 4 is 17.5 Å². The SMILES string of the molecule is N#Cc1cc(-c2ncnc(Nc3cnn(C(F)F)c3)n2)ccc1OC1CCN(C(=O)CO)CC[C@H]1F. The van der Waals surface area contributed by atoms with Crippen LogP contribution in [0.2, 0.25) is 0 Å². The molecule has 14 heteroatoms. The summed E-state index contributed by atoms with van der Waals surface area (Å²) in [5.74, 6) is -0.0252. The molecule has 1 unspecified atom stereocenters. The number of aliphatic hydroxyl groups excluding tert-OH is 1. The van der Waals surface area contributed by atoms with Gasteiger partial charge in [0.1, 0.15) is 37.0 Å². The lowest BCUT2D eigenvalue weighted by Gasteiger charge is -2.21. The maximum atomic E-state index is 14.7. The molecule has 1 amide bonds. The van der Waals surface area contributed by atoms with Gasteiger partial charge in [-0.25, -0.2) is 19.0 Å². The monoisotopic (exact) mass is 502 g/mol. The number of hydrogen-bond donors (Lipinski definition) is 2. The molecule has 0 spiro atoms. The number of benzene rings is 1. The van der Waals surface area contributed by atoms with E-state index in [1.54, 1.807) is 6.07 Å². The highest BCUT2D eigenvalue weighted by atomic mass is 19.3. The number of nitrogens with one attached hydrogen (secondary N) is 1. The number of rotatable bonds is 7. The van der Waals surface area contributed by atoms with E-state index in [2.05, 4.69) is 25.4 Å². The number of alkyl halides is 3. The zero-order valence-electron chi connectivity index (χ0n) is 18.8. The van der Waals surface area contributed by atoms with Crippen molar-refractivity contribution in [2.45, 2.75) is 31.7 Å². The molecule has 2 N–H and O–H groups in total. The summed E-state index contributed by atoms with van der Waals surface area (Å²) in [7, 11) is 0. The predicted octanol–water partition coefficient (Wildman–Crippen LogP) is 2.45. The van der Waals surface area contributed by atoms with E-state index in [0.717, 1.165) is 6.20 Å². The van der Waals surface area contributed by atoms with Crippen molar-refractivity contribution in [2.24, 2.45) is 0 Å². The fraction of sp³-hybridized carbons (Fsp3) is 0.364. The van der Waals surface area contributed by atoms with Crippen LogP contribution in [0.3, 0.4) is 0 Å². The fourth-order valence-electron chi connectivity index (χ4n) is 3.68. The number of aliphatic hydroxyl groups is 1. The van der Waals surface area contributed by atoms with E-state index in [1.807, 2.05) is 6.07 Å². The lowest BCUT2D eigenvalue weighted by atomic mass is 10.1. The molecule has 0 bridgehead atoms. The van der Waals surface area contributed by atoms with Crippen LogP contribution in [0.4, 0.5) is 24.8 Å². The van der Waals surface area contributed by atoms with Gasteiger partial charge in [-0.05, 0) is 24.6 Å². The van der Waals surface area contributed by atoms with Gasteiger partial charge in [-0.15, -0.1) is 0 Å². The summed E-state index contributed by atoms with van der Waals surface area (Å²) in [5, 5.41) is 25.0. The number of carbonyl (C=O) groups excluding carboxylic acids is 1. The maximum Gasteiger partial charge on any atom is 0.333 e. The van der Waals surface area contributed by atoms with Gasteiger partial charge in [0.05, 0.1) is 23.6 Å². The van der Waals surface area contributed by atoms with Crippen LogP contribution in [0.25, 0.3) is 11.4 Å². The Balaban J connectivity index is 1.49. The standard InChI is InChI=1S/C22H21F3N8O3/c23-16-3-5-32(19(35)11-34)6-4-18(16)36-17-2-1-13(7-14(17)8-26)20-27-12-28-22(31-20)30-15-9-29-33(10-15)21(24)25/h1-2,7,9-10,12,16,18,21,34H,3-6,11H2,(H,27,28,30,31)/t16-,18?/m1/s1. The van der Waals surface area contributed by atoms with Crippen LogP contribution < -0.4 is 10.1 Å². The second kappa shape index (κ2) is 11.0. The van der Waals surface area contributed by atoms with E-state index in [-0.39, 0.29) is 54.7 Å². The summed E-state index contributed by atoms with van der Waals surface area (Å²) in [6.45, 7) is -3.03. The minimum Gasteiger partial charge on any atom is -0.486 e. The number of likely N-dealkylation sites (tertiary alicyclic amines) is 1. The molecule has 188 valence electrons. The summed E-state index contributed by atoms with van der Waals surface area (Å²) in [6.07, 6.45) is 1.52. The molecule has 0 aliphatic carbocycles. The first-order valence-electron chi connectivity index (χ1n) is 10.9. The Morgan fingerprint density at radius 2 is 2.11 bits per heavy atom. The van der Waals surface area contributed by atoms with Crippen molar-refractivity contribution in [2.75, 3.05) is 25.0 Å². The van der Waals surface area contributed by atoms with Crippen LogP contribution in [-0.2, 0) is 4.79 Å². The number of ether oxygens (including phenoxy) is 1. The van der Waals surface area contributed by atoms with Crippen molar-refractivity contribution in [1.29, 1.82) is 5.26 Å². The number of amides is 1. The van der Waals surface area contributed by atoms with Gasteiger partial charge >= 0.3 is 6.55 Å². The van der Waals surface area contributed by atoms with Crippen molar-refractivity contribution in [1.82, 2.24) is 29.6 Å². The fourth-order valence-corrected chi connectivity index (χ4v) is 3.68. The van der Waals surface area contributed by atoms with E-state index < -0.39 is 31.3 Å². The van der Waals surface area contributed by atoms with Gasteiger partial charge in [-0.1, -0.05) is 0 Å². The van der Waals surface area contributed by atoms with Gasteiger partial charge in [0.2, 0.25) is 11.9 Å². The van der Waals surface area contributed by atoms with E-state index in [9.17, 15) is 23.2 Å². The lowest BCUT2D eigenvalue weighted by molar-refractivity contribution is -0.134. The van der Waals surface area contributed by atoms with Crippen molar-refractivity contribution in [3.63, 3.8) is 0 Å². The molecule has 1 fully saturated rings. The number of aromatic nitrogens is 5. The lowest BCUT2D eigenvalue weighted by Crippen LogP contribution is -2.34. The van der Waals surface area contributed by atoms with Crippen LogP contribution >= 0.6 is 0 Å². The van der Waals surface area contributed by atoms with Crippen LogP contribution in [0.15, 0.2) is 36.9 Å². The van der Waals surface area contributed by atoms with E-state index >= 15 is 0 Å². The van der Waals surface area contributed by atoms with Gasteiger partial charge in [-0.2, -0.15) is 24.1 Å². The second-order valence-corrected chi connectivity index (χ2v) is 7.86. The zero-order chi connectivity index (χ0) is 25.7. The van der Waals surface area contributed by atoms with Gasteiger partial charge in [0, 0.05) is 25.1 Å². The van der Waals surface area contributed by atoms with Crippen LogP contribution in [0.5, 0.6) is 5.75 Å². The molecule has 2 aromatic heterocycles. The van der Waals surface area contributed by atoms with E-state index in [4.69, 9.17) is 9.84 Å². The van der Waals surface area contributed by atoms with E-state index in [0.29, 0.717) is 10.2 Å². The van der Waals surface area contributed by atoms with Gasteiger partial charge in [0.15, 0.2) is 5.82 Å². The molecule has 36 heavy (non-hydrogen) atoms. The highest BCUT2D eigenvalue weighted by Crippen LogP contribution is 2.28. The number of nitrogens with zero attached hydrogens (tertiary/aromatic N) is 7. The van der Waals surface area contributed by atoms with Gasteiger partial charge in [-0.3, -0.25) is 4.79 Å². The summed E-state index contributed by atoms with van der Waals surface area (Å²) < 4.78 is 46.4. The largest absolute Gasteiger partial charge is 0.486 e. The Morgan fingerprint density at radius 3 is 2.83 bits per heavy atom. The molecular weight excluding hydrogens is 481 g/mol. The molecule has 3 heterocycles. The number of nitriles is 1. The molecule has 0 saturated carbocycles.